The van der Waals surface area contributed by atoms with E-state index in [1.165, 1.54) is 0 Å². The second kappa shape index (κ2) is 6.24. The number of pyridine rings is 1. The summed E-state index contributed by atoms with van der Waals surface area (Å²) in [5, 5.41) is 13.1. The molecule has 0 radical (unpaired) electrons. The van der Waals surface area contributed by atoms with Crippen molar-refractivity contribution < 1.29 is 0 Å². The summed E-state index contributed by atoms with van der Waals surface area (Å²) in [5.74, 6) is 0.940. The standard InChI is InChI=1S/C14H15BrN6/c15-13-9-18-21(10-13)11-19-3-5-20(6-4-19)14-2-1-12(7-16)8-17-14/h1-2,8-10H,3-6,11H2. The molecule has 3 heterocycles. The molecule has 1 saturated heterocycles. The zero-order valence-corrected chi connectivity index (χ0v) is 13.1. The number of rotatable bonds is 3. The first kappa shape index (κ1) is 14.0. The van der Waals surface area contributed by atoms with Gasteiger partial charge in [-0.15, -0.1) is 0 Å². The van der Waals surface area contributed by atoms with E-state index in [2.05, 4.69) is 41.9 Å². The number of anilines is 1. The number of nitriles is 1. The predicted octanol–water partition coefficient (Wildman–Crippen LogP) is 1.69. The third-order valence-electron chi connectivity index (χ3n) is 3.52. The molecule has 0 saturated carbocycles. The van der Waals surface area contributed by atoms with Crippen LogP contribution in [0, 0.1) is 11.3 Å². The summed E-state index contributed by atoms with van der Waals surface area (Å²) in [5.41, 5.74) is 0.599. The number of aromatic nitrogens is 3. The van der Waals surface area contributed by atoms with Crippen LogP contribution in [0.2, 0.25) is 0 Å². The first-order chi connectivity index (χ1) is 10.2. The third kappa shape index (κ3) is 3.40. The molecule has 1 aliphatic rings. The minimum Gasteiger partial charge on any atom is -0.354 e. The van der Waals surface area contributed by atoms with Gasteiger partial charge < -0.3 is 4.90 Å². The molecule has 0 aromatic carbocycles. The molecule has 0 spiro atoms. The lowest BCUT2D eigenvalue weighted by atomic mass is 10.3. The van der Waals surface area contributed by atoms with Crippen LogP contribution >= 0.6 is 15.9 Å². The molecule has 108 valence electrons. The second-order valence-corrected chi connectivity index (χ2v) is 5.88. The molecule has 1 fully saturated rings. The molecule has 2 aromatic heterocycles. The fourth-order valence-corrected chi connectivity index (χ4v) is 2.71. The summed E-state index contributed by atoms with van der Waals surface area (Å²) < 4.78 is 2.93. The van der Waals surface area contributed by atoms with Gasteiger partial charge in [-0.2, -0.15) is 10.4 Å². The number of nitrogens with zero attached hydrogens (tertiary/aromatic N) is 6. The van der Waals surface area contributed by atoms with Crippen molar-refractivity contribution in [2.24, 2.45) is 0 Å². The highest BCUT2D eigenvalue weighted by Crippen LogP contribution is 2.14. The fraction of sp³-hybridized carbons (Fsp3) is 0.357. The van der Waals surface area contributed by atoms with Crippen molar-refractivity contribution >= 4 is 21.7 Å². The van der Waals surface area contributed by atoms with Crippen molar-refractivity contribution in [1.29, 1.82) is 5.26 Å². The number of hydrogen-bond acceptors (Lipinski definition) is 5. The lowest BCUT2D eigenvalue weighted by molar-refractivity contribution is 0.195. The van der Waals surface area contributed by atoms with Crippen molar-refractivity contribution in [1.82, 2.24) is 19.7 Å². The first-order valence-electron chi connectivity index (χ1n) is 6.76. The van der Waals surface area contributed by atoms with E-state index in [0.29, 0.717) is 5.56 Å². The molecule has 21 heavy (non-hydrogen) atoms. The SMILES string of the molecule is N#Cc1ccc(N2CCN(Cn3cc(Br)cn3)CC2)nc1. The van der Waals surface area contributed by atoms with Crippen LogP contribution in [-0.4, -0.2) is 45.8 Å². The predicted molar refractivity (Wildman–Crippen MR) is 82.7 cm³/mol. The van der Waals surface area contributed by atoms with Gasteiger partial charge in [0.25, 0.3) is 0 Å². The van der Waals surface area contributed by atoms with Crippen LogP contribution < -0.4 is 4.90 Å². The Balaban J connectivity index is 1.56. The van der Waals surface area contributed by atoms with E-state index in [1.54, 1.807) is 12.4 Å². The Morgan fingerprint density at radius 1 is 1.19 bits per heavy atom. The van der Waals surface area contributed by atoms with E-state index in [-0.39, 0.29) is 0 Å². The first-order valence-corrected chi connectivity index (χ1v) is 7.55. The van der Waals surface area contributed by atoms with Gasteiger partial charge in [0, 0.05) is 38.6 Å². The summed E-state index contributed by atoms with van der Waals surface area (Å²) in [6, 6.07) is 5.82. The summed E-state index contributed by atoms with van der Waals surface area (Å²) in [4.78, 5) is 8.95. The molecule has 0 N–H and O–H groups in total. The van der Waals surface area contributed by atoms with Crippen LogP contribution in [0.25, 0.3) is 0 Å². The third-order valence-corrected chi connectivity index (χ3v) is 3.93. The van der Waals surface area contributed by atoms with Crippen molar-refractivity contribution in [3.8, 4) is 6.07 Å². The van der Waals surface area contributed by atoms with Crippen molar-refractivity contribution in [3.05, 3.63) is 40.8 Å². The van der Waals surface area contributed by atoms with Crippen LogP contribution in [0.3, 0.4) is 0 Å². The Labute approximate surface area is 131 Å². The maximum Gasteiger partial charge on any atom is 0.128 e. The van der Waals surface area contributed by atoms with Crippen molar-refractivity contribution in [2.75, 3.05) is 31.1 Å². The van der Waals surface area contributed by atoms with Crippen LogP contribution in [-0.2, 0) is 6.67 Å². The van der Waals surface area contributed by atoms with Crippen molar-refractivity contribution in [3.63, 3.8) is 0 Å². The van der Waals surface area contributed by atoms with E-state index in [0.717, 1.165) is 43.1 Å². The second-order valence-electron chi connectivity index (χ2n) is 4.96. The zero-order chi connectivity index (χ0) is 14.7. The normalized spacial score (nSPS) is 15.9. The number of piperazine rings is 1. The van der Waals surface area contributed by atoms with E-state index in [9.17, 15) is 0 Å². The lowest BCUT2D eigenvalue weighted by Crippen LogP contribution is -2.47. The van der Waals surface area contributed by atoms with Gasteiger partial charge in [-0.3, -0.25) is 9.58 Å². The summed E-state index contributed by atoms with van der Waals surface area (Å²) >= 11 is 3.41. The molecule has 7 heteroatoms. The highest BCUT2D eigenvalue weighted by molar-refractivity contribution is 9.10. The van der Waals surface area contributed by atoms with Gasteiger partial charge in [-0.05, 0) is 28.1 Å². The zero-order valence-electron chi connectivity index (χ0n) is 11.5. The maximum atomic E-state index is 8.79. The molecule has 1 aliphatic heterocycles. The quantitative estimate of drug-likeness (QED) is 0.846. The van der Waals surface area contributed by atoms with E-state index < -0.39 is 0 Å². The molecular formula is C14H15BrN6. The molecule has 6 nitrogen and oxygen atoms in total. The molecule has 0 unspecified atom stereocenters. The van der Waals surface area contributed by atoms with Gasteiger partial charge in [0.1, 0.15) is 11.9 Å². The highest BCUT2D eigenvalue weighted by atomic mass is 79.9. The molecule has 0 atom stereocenters. The van der Waals surface area contributed by atoms with Gasteiger partial charge in [-0.25, -0.2) is 4.98 Å². The largest absolute Gasteiger partial charge is 0.354 e. The van der Waals surface area contributed by atoms with Gasteiger partial charge in [0.05, 0.1) is 22.9 Å². The average molecular weight is 347 g/mol. The molecule has 3 rings (SSSR count). The maximum absolute atomic E-state index is 8.79. The fourth-order valence-electron chi connectivity index (χ4n) is 2.38. The Hall–Kier alpha value is -1.91. The van der Waals surface area contributed by atoms with Gasteiger partial charge in [0.15, 0.2) is 0 Å². The summed E-state index contributed by atoms with van der Waals surface area (Å²) in [6.07, 6.45) is 5.41. The Morgan fingerprint density at radius 3 is 2.57 bits per heavy atom. The Morgan fingerprint density at radius 2 is 2.00 bits per heavy atom. The van der Waals surface area contributed by atoms with Crippen LogP contribution in [0.1, 0.15) is 5.56 Å². The van der Waals surface area contributed by atoms with E-state index in [4.69, 9.17) is 5.26 Å². The van der Waals surface area contributed by atoms with Crippen molar-refractivity contribution in [2.45, 2.75) is 6.67 Å². The summed E-state index contributed by atoms with van der Waals surface area (Å²) in [7, 11) is 0. The van der Waals surface area contributed by atoms with Crippen LogP contribution in [0.4, 0.5) is 5.82 Å². The molecule has 2 aromatic rings. The number of halogens is 1. The lowest BCUT2D eigenvalue weighted by Gasteiger charge is -2.35. The van der Waals surface area contributed by atoms with Gasteiger partial charge in [-0.1, -0.05) is 0 Å². The molecule has 0 aliphatic carbocycles. The minimum atomic E-state index is 0.599. The Kier molecular flexibility index (Phi) is 4.18. The Bertz CT molecular complexity index is 636. The van der Waals surface area contributed by atoms with Crippen LogP contribution in [0.15, 0.2) is 35.2 Å². The molecule has 0 bridgehead atoms. The summed E-state index contributed by atoms with van der Waals surface area (Å²) in [6.45, 7) is 4.61. The average Bonchev–Trinajstić information content (AvgIpc) is 2.93. The van der Waals surface area contributed by atoms with E-state index in [1.807, 2.05) is 23.0 Å². The minimum absolute atomic E-state index is 0.599. The van der Waals surface area contributed by atoms with Crippen LogP contribution in [0.5, 0.6) is 0 Å². The molecule has 0 amide bonds. The number of hydrogen-bond donors (Lipinski definition) is 0. The van der Waals surface area contributed by atoms with E-state index >= 15 is 0 Å². The van der Waals surface area contributed by atoms with Gasteiger partial charge in [0.2, 0.25) is 0 Å². The van der Waals surface area contributed by atoms with Gasteiger partial charge >= 0.3 is 0 Å². The molecular weight excluding hydrogens is 332 g/mol. The highest BCUT2D eigenvalue weighted by Gasteiger charge is 2.18. The smallest absolute Gasteiger partial charge is 0.128 e. The monoisotopic (exact) mass is 346 g/mol. The topological polar surface area (TPSA) is 61.0 Å².